The molecular weight excluding hydrogens is 142 g/mol. The fraction of sp³-hybridized carbons (Fsp3) is 0.875. The third-order valence-electron chi connectivity index (χ3n) is 2.29. The van der Waals surface area contributed by atoms with Gasteiger partial charge >= 0.3 is 0 Å². The predicted molar refractivity (Wildman–Crippen MR) is 43.9 cm³/mol. The highest BCUT2D eigenvalue weighted by atomic mass is 16.3. The summed E-state index contributed by atoms with van der Waals surface area (Å²) >= 11 is 0. The van der Waals surface area contributed by atoms with Crippen molar-refractivity contribution in [2.24, 2.45) is 0 Å². The Bertz CT molecular complexity index is 81.8. The quantitative estimate of drug-likeness (QED) is 0.427. The molecule has 0 fully saturated rings. The zero-order valence-electron chi connectivity index (χ0n) is 7.96. The zero-order chi connectivity index (χ0) is 9.33. The molecule has 0 bridgehead atoms. The molecule has 0 N–H and O–H groups in total. The van der Waals surface area contributed by atoms with Gasteiger partial charge in [0.1, 0.15) is 0 Å². The summed E-state index contributed by atoms with van der Waals surface area (Å²) in [5, 5.41) is 8.25. The molecule has 0 atom stereocenters. The molecule has 0 rings (SSSR count). The minimum Gasteiger partial charge on any atom is -0.554 e. The van der Waals surface area contributed by atoms with Gasteiger partial charge in [-0.2, -0.15) is 0 Å². The van der Waals surface area contributed by atoms with Crippen LogP contribution in [0.4, 0.5) is 0 Å². The number of nitrogens with zero attached hydrogens (tertiary/aromatic N) is 1. The summed E-state index contributed by atoms with van der Waals surface area (Å²) in [6, 6.07) is 0. The third-order valence-corrected chi connectivity index (χ3v) is 2.29. The van der Waals surface area contributed by atoms with E-state index in [9.17, 15) is 0 Å². The normalized spacial score (nSPS) is 9.82. The van der Waals surface area contributed by atoms with Gasteiger partial charge in [0.05, 0.1) is 26.7 Å². The van der Waals surface area contributed by atoms with Gasteiger partial charge in [0.15, 0.2) is 0 Å². The second-order valence-corrected chi connectivity index (χ2v) is 2.66. The summed E-state index contributed by atoms with van der Waals surface area (Å²) in [6.45, 7) is 10.0. The Labute approximate surface area is 69.2 Å². The van der Waals surface area contributed by atoms with Crippen LogP contribution < -0.4 is 5.11 Å². The molecule has 0 aromatic carbocycles. The Morgan fingerprint density at radius 3 is 1.36 bits per heavy atom. The van der Waals surface area contributed by atoms with Crippen LogP contribution in [-0.2, 0) is 4.79 Å². The summed E-state index contributed by atoms with van der Waals surface area (Å²) in [4.78, 5) is 8.25. The molecule has 0 aromatic heterocycles. The van der Waals surface area contributed by atoms with Crippen molar-refractivity contribution in [2.75, 3.05) is 26.7 Å². The van der Waals surface area contributed by atoms with E-state index in [1.807, 2.05) is 0 Å². The first-order chi connectivity index (χ1) is 5.10. The molecule has 0 aliphatic rings. The van der Waals surface area contributed by atoms with Crippen molar-refractivity contribution in [1.82, 2.24) is 0 Å². The largest absolute Gasteiger partial charge is 0.554 e. The average Bonchev–Trinajstić information content (AvgIpc) is 2.05. The van der Waals surface area contributed by atoms with E-state index in [0.29, 0.717) is 0 Å². The molecule has 3 nitrogen and oxygen atoms in total. The van der Waals surface area contributed by atoms with Gasteiger partial charge in [-0.15, -0.1) is 0 Å². The first kappa shape index (κ1) is 13.1. The molecule has 0 saturated heterocycles. The summed E-state index contributed by atoms with van der Waals surface area (Å²) in [5.74, 6) is 0. The summed E-state index contributed by atoms with van der Waals surface area (Å²) < 4.78 is 1.21. The molecule has 0 aliphatic carbocycles. The molecule has 3 heteroatoms. The lowest BCUT2D eigenvalue weighted by molar-refractivity contribution is -0.904. The van der Waals surface area contributed by atoms with E-state index in [4.69, 9.17) is 9.90 Å². The average molecular weight is 161 g/mol. The van der Waals surface area contributed by atoms with Crippen molar-refractivity contribution in [3.63, 3.8) is 0 Å². The number of quaternary nitrogens is 1. The number of rotatable bonds is 3. The van der Waals surface area contributed by atoms with E-state index >= 15 is 0 Å². The van der Waals surface area contributed by atoms with Crippen molar-refractivity contribution in [1.29, 1.82) is 0 Å². The smallest absolute Gasteiger partial charge is 0.0755 e. The van der Waals surface area contributed by atoms with E-state index < -0.39 is 6.47 Å². The maximum atomic E-state index is 8.25. The van der Waals surface area contributed by atoms with Crippen LogP contribution in [0.2, 0.25) is 0 Å². The molecule has 11 heavy (non-hydrogen) atoms. The molecule has 0 saturated carbocycles. The Hall–Kier alpha value is -0.570. The molecule has 68 valence electrons. The highest BCUT2D eigenvalue weighted by molar-refractivity contribution is 5.29. The molecule has 0 unspecified atom stereocenters. The zero-order valence-corrected chi connectivity index (χ0v) is 7.96. The van der Waals surface area contributed by atoms with E-state index in [1.165, 1.54) is 24.1 Å². The first-order valence-electron chi connectivity index (χ1n) is 3.99. The molecule has 0 aliphatic heterocycles. The summed E-state index contributed by atoms with van der Waals surface area (Å²) in [7, 11) is 2.29. The van der Waals surface area contributed by atoms with Gasteiger partial charge in [0.25, 0.3) is 0 Å². The SMILES string of the molecule is CC[N+](C)(CC)CC.O=C[O-]. The lowest BCUT2D eigenvalue weighted by Crippen LogP contribution is -2.42. The van der Waals surface area contributed by atoms with Crippen LogP contribution in [0.3, 0.4) is 0 Å². The third kappa shape index (κ3) is 7.33. The van der Waals surface area contributed by atoms with Crippen LogP contribution >= 0.6 is 0 Å². The summed E-state index contributed by atoms with van der Waals surface area (Å²) in [5.41, 5.74) is 0. The van der Waals surface area contributed by atoms with E-state index in [-0.39, 0.29) is 0 Å². The van der Waals surface area contributed by atoms with Crippen molar-refractivity contribution in [2.45, 2.75) is 20.8 Å². The van der Waals surface area contributed by atoms with Crippen LogP contribution in [-0.4, -0.2) is 37.6 Å². The van der Waals surface area contributed by atoms with E-state index in [0.717, 1.165) is 0 Å². The maximum absolute atomic E-state index is 8.25. The fourth-order valence-corrected chi connectivity index (χ4v) is 0.671. The Morgan fingerprint density at radius 2 is 1.36 bits per heavy atom. The minimum atomic E-state index is -0.500. The van der Waals surface area contributed by atoms with Gasteiger partial charge in [-0.1, -0.05) is 0 Å². The molecule has 0 spiro atoms. The monoisotopic (exact) mass is 161 g/mol. The Balaban J connectivity index is 0. The van der Waals surface area contributed by atoms with E-state index in [2.05, 4.69) is 27.8 Å². The van der Waals surface area contributed by atoms with Crippen LogP contribution in [0.15, 0.2) is 0 Å². The molecule has 0 heterocycles. The van der Waals surface area contributed by atoms with Crippen molar-refractivity contribution in [3.05, 3.63) is 0 Å². The number of hydrogen-bond donors (Lipinski definition) is 0. The second-order valence-electron chi connectivity index (χ2n) is 2.66. The van der Waals surface area contributed by atoms with Gasteiger partial charge in [0, 0.05) is 6.47 Å². The topological polar surface area (TPSA) is 40.1 Å². The van der Waals surface area contributed by atoms with Gasteiger partial charge in [-0.3, -0.25) is 0 Å². The minimum absolute atomic E-state index is 0.500. The van der Waals surface area contributed by atoms with Gasteiger partial charge < -0.3 is 14.4 Å². The van der Waals surface area contributed by atoms with Gasteiger partial charge in [0.2, 0.25) is 0 Å². The van der Waals surface area contributed by atoms with E-state index in [1.54, 1.807) is 0 Å². The number of carbonyl (C=O) groups excluding carboxylic acids is 1. The van der Waals surface area contributed by atoms with Crippen molar-refractivity contribution < 1.29 is 14.4 Å². The highest BCUT2D eigenvalue weighted by Crippen LogP contribution is 1.97. The van der Waals surface area contributed by atoms with Crippen LogP contribution in [0.5, 0.6) is 0 Å². The van der Waals surface area contributed by atoms with Gasteiger partial charge in [-0.25, -0.2) is 0 Å². The highest BCUT2D eigenvalue weighted by Gasteiger charge is 2.10. The number of carbonyl (C=O) groups is 1. The fourth-order valence-electron chi connectivity index (χ4n) is 0.671. The standard InChI is InChI=1S/C7H18N.CH2O2/c1-5-8(4,6-2)7-3;2-1-3/h5-7H2,1-4H3;1H,(H,2,3)/q+1;/p-1. The molecule has 0 amide bonds. The van der Waals surface area contributed by atoms with Crippen molar-refractivity contribution >= 4 is 6.47 Å². The lowest BCUT2D eigenvalue weighted by atomic mass is 10.4. The molecule has 0 radical (unpaired) electrons. The first-order valence-corrected chi connectivity index (χ1v) is 3.99. The lowest BCUT2D eigenvalue weighted by Gasteiger charge is -2.30. The van der Waals surface area contributed by atoms with Gasteiger partial charge in [-0.05, 0) is 20.8 Å². The summed E-state index contributed by atoms with van der Waals surface area (Å²) in [6.07, 6.45) is 0. The van der Waals surface area contributed by atoms with Crippen LogP contribution in [0, 0.1) is 0 Å². The second kappa shape index (κ2) is 7.54. The predicted octanol–water partition coefficient (Wildman–Crippen LogP) is -0.141. The number of carboxylic acid groups (broad SMARTS) is 1. The Kier molecular flexibility index (Phi) is 8.94. The van der Waals surface area contributed by atoms with Crippen LogP contribution in [0.1, 0.15) is 20.8 Å². The number of hydrogen-bond acceptors (Lipinski definition) is 2. The maximum Gasteiger partial charge on any atom is 0.0755 e. The Morgan fingerprint density at radius 1 is 1.18 bits per heavy atom. The van der Waals surface area contributed by atoms with Crippen LogP contribution in [0.25, 0.3) is 0 Å². The molecule has 0 aromatic rings. The van der Waals surface area contributed by atoms with Crippen molar-refractivity contribution in [3.8, 4) is 0 Å². The molecular formula is C8H19NO2.